The predicted octanol–water partition coefficient (Wildman–Crippen LogP) is 2.73. The van der Waals surface area contributed by atoms with Gasteiger partial charge in [0.25, 0.3) is 5.91 Å². The van der Waals surface area contributed by atoms with Crippen LogP contribution in [0, 0.1) is 19.7 Å². The standard InChI is InChI=1S/C15H15BrFN3O3/c1-8-14(9(2)20(3)19-8)18-13(21)7-23-15(22)11-6-10(16)4-5-12(11)17/h4-6H,7H2,1-3H3,(H,18,21). The van der Waals surface area contributed by atoms with Gasteiger partial charge in [0.15, 0.2) is 6.61 Å². The third-order valence-electron chi connectivity index (χ3n) is 3.26. The minimum absolute atomic E-state index is 0.235. The number of carbonyl (C=O) groups is 2. The lowest BCUT2D eigenvalue weighted by Gasteiger charge is -2.08. The summed E-state index contributed by atoms with van der Waals surface area (Å²) in [5.41, 5.74) is 1.77. The summed E-state index contributed by atoms with van der Waals surface area (Å²) in [6.07, 6.45) is 0. The number of anilines is 1. The molecule has 6 nitrogen and oxygen atoms in total. The van der Waals surface area contributed by atoms with Gasteiger partial charge in [0.1, 0.15) is 5.82 Å². The number of nitrogens with one attached hydrogen (secondary N) is 1. The van der Waals surface area contributed by atoms with Gasteiger partial charge in [0.2, 0.25) is 0 Å². The number of halogens is 2. The first kappa shape index (κ1) is 17.1. The van der Waals surface area contributed by atoms with Crippen molar-refractivity contribution >= 4 is 33.5 Å². The molecule has 2 rings (SSSR count). The molecule has 2 aromatic rings. The van der Waals surface area contributed by atoms with Crippen molar-refractivity contribution in [1.82, 2.24) is 9.78 Å². The van der Waals surface area contributed by atoms with Gasteiger partial charge in [-0.25, -0.2) is 9.18 Å². The number of esters is 1. The van der Waals surface area contributed by atoms with Crippen LogP contribution in [0.4, 0.5) is 10.1 Å². The van der Waals surface area contributed by atoms with Gasteiger partial charge in [-0.15, -0.1) is 0 Å². The molecule has 0 bridgehead atoms. The summed E-state index contributed by atoms with van der Waals surface area (Å²) in [5, 5.41) is 6.80. The monoisotopic (exact) mass is 383 g/mol. The Morgan fingerprint density at radius 1 is 1.39 bits per heavy atom. The summed E-state index contributed by atoms with van der Waals surface area (Å²) in [5.74, 6) is -2.14. The molecule has 0 radical (unpaired) electrons. The van der Waals surface area contributed by atoms with Gasteiger partial charge in [-0.05, 0) is 32.0 Å². The van der Waals surface area contributed by atoms with E-state index in [1.807, 2.05) is 0 Å². The van der Waals surface area contributed by atoms with Crippen LogP contribution in [0.2, 0.25) is 0 Å². The molecule has 23 heavy (non-hydrogen) atoms. The van der Waals surface area contributed by atoms with E-state index in [2.05, 4.69) is 26.3 Å². The maximum absolute atomic E-state index is 13.6. The van der Waals surface area contributed by atoms with Crippen molar-refractivity contribution in [3.8, 4) is 0 Å². The Morgan fingerprint density at radius 2 is 2.09 bits per heavy atom. The van der Waals surface area contributed by atoms with E-state index in [1.54, 1.807) is 25.6 Å². The van der Waals surface area contributed by atoms with E-state index in [1.165, 1.54) is 12.1 Å². The second kappa shape index (κ2) is 6.91. The molecule has 0 aliphatic rings. The van der Waals surface area contributed by atoms with Crippen molar-refractivity contribution in [2.75, 3.05) is 11.9 Å². The molecular formula is C15H15BrFN3O3. The summed E-state index contributed by atoms with van der Waals surface area (Å²) in [4.78, 5) is 23.7. The van der Waals surface area contributed by atoms with Crippen LogP contribution in [0.25, 0.3) is 0 Å². The highest BCUT2D eigenvalue weighted by atomic mass is 79.9. The Morgan fingerprint density at radius 3 is 2.70 bits per heavy atom. The molecule has 1 aromatic heterocycles. The van der Waals surface area contributed by atoms with Gasteiger partial charge in [-0.1, -0.05) is 15.9 Å². The van der Waals surface area contributed by atoms with Gasteiger partial charge in [0.05, 0.1) is 22.6 Å². The Hall–Kier alpha value is -2.22. The fraction of sp³-hybridized carbons (Fsp3) is 0.267. The Balaban J connectivity index is 1.99. The van der Waals surface area contributed by atoms with Crippen LogP contribution in [-0.2, 0) is 16.6 Å². The Labute approximate surface area is 140 Å². The zero-order chi connectivity index (χ0) is 17.1. The van der Waals surface area contributed by atoms with Crippen molar-refractivity contribution < 1.29 is 18.7 Å². The molecule has 1 N–H and O–H groups in total. The summed E-state index contributed by atoms with van der Waals surface area (Å²) in [7, 11) is 1.76. The third kappa shape index (κ3) is 3.95. The van der Waals surface area contributed by atoms with Gasteiger partial charge < -0.3 is 10.1 Å². The highest BCUT2D eigenvalue weighted by Gasteiger charge is 2.17. The quantitative estimate of drug-likeness (QED) is 0.823. The van der Waals surface area contributed by atoms with Crippen molar-refractivity contribution in [2.45, 2.75) is 13.8 Å². The van der Waals surface area contributed by atoms with Gasteiger partial charge in [-0.2, -0.15) is 5.10 Å². The molecular weight excluding hydrogens is 369 g/mol. The number of hydrogen-bond acceptors (Lipinski definition) is 4. The van der Waals surface area contributed by atoms with E-state index >= 15 is 0 Å². The van der Waals surface area contributed by atoms with Crippen LogP contribution in [0.15, 0.2) is 22.7 Å². The first-order chi connectivity index (χ1) is 10.8. The second-order valence-corrected chi connectivity index (χ2v) is 5.83. The molecule has 1 heterocycles. The molecule has 0 saturated heterocycles. The molecule has 1 amide bonds. The van der Waals surface area contributed by atoms with Crippen LogP contribution in [0.1, 0.15) is 21.7 Å². The smallest absolute Gasteiger partial charge is 0.341 e. The van der Waals surface area contributed by atoms with E-state index in [4.69, 9.17) is 4.74 Å². The number of aryl methyl sites for hydroxylation is 2. The van der Waals surface area contributed by atoms with E-state index in [0.717, 1.165) is 11.8 Å². The molecule has 0 spiro atoms. The number of amides is 1. The highest BCUT2D eigenvalue weighted by molar-refractivity contribution is 9.10. The molecule has 0 atom stereocenters. The zero-order valence-corrected chi connectivity index (χ0v) is 14.4. The first-order valence-electron chi connectivity index (χ1n) is 6.72. The largest absolute Gasteiger partial charge is 0.452 e. The average molecular weight is 384 g/mol. The number of rotatable bonds is 4. The molecule has 0 aliphatic heterocycles. The highest BCUT2D eigenvalue weighted by Crippen LogP contribution is 2.19. The third-order valence-corrected chi connectivity index (χ3v) is 3.75. The summed E-state index contributed by atoms with van der Waals surface area (Å²) in [6, 6.07) is 3.90. The lowest BCUT2D eigenvalue weighted by molar-refractivity contribution is -0.119. The molecule has 0 saturated carbocycles. The number of benzene rings is 1. The van der Waals surface area contributed by atoms with Crippen molar-refractivity contribution in [3.63, 3.8) is 0 Å². The van der Waals surface area contributed by atoms with Crippen LogP contribution >= 0.6 is 15.9 Å². The van der Waals surface area contributed by atoms with Gasteiger partial charge >= 0.3 is 5.97 Å². The van der Waals surface area contributed by atoms with Crippen molar-refractivity contribution in [2.24, 2.45) is 7.05 Å². The minimum Gasteiger partial charge on any atom is -0.452 e. The molecule has 0 fully saturated rings. The van der Waals surface area contributed by atoms with Crippen LogP contribution in [0.5, 0.6) is 0 Å². The number of carbonyl (C=O) groups excluding carboxylic acids is 2. The summed E-state index contributed by atoms with van der Waals surface area (Å²) in [6.45, 7) is 3.04. The number of hydrogen-bond donors (Lipinski definition) is 1. The molecule has 0 unspecified atom stereocenters. The van der Waals surface area contributed by atoms with E-state index < -0.39 is 24.3 Å². The van der Waals surface area contributed by atoms with Crippen LogP contribution < -0.4 is 5.32 Å². The topological polar surface area (TPSA) is 73.2 Å². The average Bonchev–Trinajstić information content (AvgIpc) is 2.73. The summed E-state index contributed by atoms with van der Waals surface area (Å²) >= 11 is 3.14. The zero-order valence-electron chi connectivity index (χ0n) is 12.8. The lowest BCUT2D eigenvalue weighted by atomic mass is 10.2. The first-order valence-corrected chi connectivity index (χ1v) is 7.51. The summed E-state index contributed by atoms with van der Waals surface area (Å²) < 4.78 is 20.6. The molecule has 0 aliphatic carbocycles. The van der Waals surface area contributed by atoms with Crippen LogP contribution in [-0.4, -0.2) is 28.3 Å². The fourth-order valence-corrected chi connectivity index (χ4v) is 2.35. The van der Waals surface area contributed by atoms with Crippen molar-refractivity contribution in [1.29, 1.82) is 0 Å². The second-order valence-electron chi connectivity index (χ2n) is 4.92. The number of ether oxygens (including phenoxy) is 1. The Bertz CT molecular complexity index is 774. The maximum atomic E-state index is 13.6. The predicted molar refractivity (Wildman–Crippen MR) is 85.7 cm³/mol. The lowest BCUT2D eigenvalue weighted by Crippen LogP contribution is -2.22. The van der Waals surface area contributed by atoms with Crippen LogP contribution in [0.3, 0.4) is 0 Å². The fourth-order valence-electron chi connectivity index (χ4n) is 1.99. The van der Waals surface area contributed by atoms with E-state index in [0.29, 0.717) is 15.9 Å². The number of nitrogens with zero attached hydrogens (tertiary/aromatic N) is 2. The molecule has 122 valence electrons. The Kier molecular flexibility index (Phi) is 5.15. The van der Waals surface area contributed by atoms with Gasteiger partial charge in [-0.3, -0.25) is 9.48 Å². The van der Waals surface area contributed by atoms with Crippen molar-refractivity contribution in [3.05, 3.63) is 45.4 Å². The van der Waals surface area contributed by atoms with E-state index in [9.17, 15) is 14.0 Å². The SMILES string of the molecule is Cc1nn(C)c(C)c1NC(=O)COC(=O)c1cc(Br)ccc1F. The minimum atomic E-state index is -0.904. The number of aromatic nitrogens is 2. The van der Waals surface area contributed by atoms with Gasteiger partial charge in [0, 0.05) is 11.5 Å². The molecule has 8 heteroatoms. The maximum Gasteiger partial charge on any atom is 0.341 e. The van der Waals surface area contributed by atoms with E-state index in [-0.39, 0.29) is 5.56 Å². The normalized spacial score (nSPS) is 10.5. The molecule has 1 aromatic carbocycles.